The van der Waals surface area contributed by atoms with Gasteiger partial charge in [-0.05, 0) is 19.1 Å². The van der Waals surface area contributed by atoms with Gasteiger partial charge in [0.25, 0.3) is 0 Å². The lowest BCUT2D eigenvalue weighted by Crippen LogP contribution is -2.02. The minimum atomic E-state index is -0.554. The van der Waals surface area contributed by atoms with Crippen LogP contribution >= 0.6 is 0 Å². The summed E-state index contributed by atoms with van der Waals surface area (Å²) in [4.78, 5) is 0. The van der Waals surface area contributed by atoms with E-state index >= 15 is 0 Å². The molecule has 0 saturated heterocycles. The van der Waals surface area contributed by atoms with E-state index in [9.17, 15) is 5.11 Å². The minimum absolute atomic E-state index is 0.380. The van der Waals surface area contributed by atoms with E-state index in [-0.39, 0.29) is 0 Å². The summed E-state index contributed by atoms with van der Waals surface area (Å²) in [6.45, 7) is 2.11. The molecule has 0 aliphatic rings. The molecule has 1 N–H and O–H groups in total. The number of aromatic nitrogens is 2. The molecule has 4 nitrogen and oxygen atoms in total. The van der Waals surface area contributed by atoms with Crippen LogP contribution in [0.5, 0.6) is 5.75 Å². The van der Waals surface area contributed by atoms with Crippen LogP contribution in [0.2, 0.25) is 0 Å². The highest BCUT2D eigenvalue weighted by atomic mass is 16.5. The quantitative estimate of drug-likeness (QED) is 0.799. The summed E-state index contributed by atoms with van der Waals surface area (Å²) in [5, 5.41) is 15.4. The normalized spacial score (nSPS) is 12.5. The second kappa shape index (κ2) is 5.58. The molecule has 3 rings (SSSR count). The summed E-state index contributed by atoms with van der Waals surface area (Å²) >= 11 is 0. The third kappa shape index (κ3) is 2.62. The molecule has 4 heteroatoms. The Hall–Kier alpha value is -2.33. The number of nitrogens with zero attached hydrogens (tertiary/aromatic N) is 2. The number of aryl methyl sites for hydroxylation is 1. The molecule has 1 heterocycles. The fourth-order valence-corrected chi connectivity index (χ4v) is 2.50. The van der Waals surface area contributed by atoms with Gasteiger partial charge in [0, 0.05) is 18.0 Å². The molecule has 0 radical (unpaired) electrons. The lowest BCUT2D eigenvalue weighted by molar-refractivity contribution is 0.190. The highest BCUT2D eigenvalue weighted by Crippen LogP contribution is 2.26. The van der Waals surface area contributed by atoms with Crippen LogP contribution < -0.4 is 4.74 Å². The maximum atomic E-state index is 9.78. The van der Waals surface area contributed by atoms with Gasteiger partial charge in [-0.3, -0.25) is 4.68 Å². The fraction of sp³-hybridized carbons (Fsp3) is 0.235. The molecular weight excluding hydrogens is 264 g/mol. The van der Waals surface area contributed by atoms with Gasteiger partial charge in [0.2, 0.25) is 0 Å². The van der Waals surface area contributed by atoms with Gasteiger partial charge >= 0.3 is 0 Å². The van der Waals surface area contributed by atoms with Crippen LogP contribution in [-0.4, -0.2) is 14.9 Å². The SMILES string of the molecule is CC(O)c1ccccc1OCc1nn(C)c2ccccc12. The number of aliphatic hydroxyl groups excluding tert-OH is 1. The van der Waals surface area contributed by atoms with Crippen molar-refractivity contribution in [1.82, 2.24) is 9.78 Å². The summed E-state index contributed by atoms with van der Waals surface area (Å²) in [6, 6.07) is 15.6. The number of fused-ring (bicyclic) bond motifs is 1. The summed E-state index contributed by atoms with van der Waals surface area (Å²) in [5.74, 6) is 0.697. The van der Waals surface area contributed by atoms with Crippen molar-refractivity contribution in [1.29, 1.82) is 0 Å². The summed E-state index contributed by atoms with van der Waals surface area (Å²) in [7, 11) is 1.93. The predicted octanol–water partition coefficient (Wildman–Crippen LogP) is 3.21. The summed E-state index contributed by atoms with van der Waals surface area (Å²) in [5.41, 5.74) is 2.77. The van der Waals surface area contributed by atoms with E-state index in [2.05, 4.69) is 5.10 Å². The maximum absolute atomic E-state index is 9.78. The van der Waals surface area contributed by atoms with Gasteiger partial charge in [0.05, 0.1) is 11.6 Å². The van der Waals surface area contributed by atoms with Crippen molar-refractivity contribution in [2.75, 3.05) is 0 Å². The number of benzene rings is 2. The second-order valence-corrected chi connectivity index (χ2v) is 5.09. The average Bonchev–Trinajstić information content (AvgIpc) is 2.82. The van der Waals surface area contributed by atoms with Crippen molar-refractivity contribution >= 4 is 10.9 Å². The van der Waals surface area contributed by atoms with Crippen LogP contribution in [0.25, 0.3) is 10.9 Å². The Kier molecular flexibility index (Phi) is 3.62. The molecule has 0 aliphatic carbocycles. The van der Waals surface area contributed by atoms with Crippen LogP contribution in [0.1, 0.15) is 24.3 Å². The third-order valence-corrected chi connectivity index (χ3v) is 3.57. The molecule has 2 aromatic carbocycles. The molecule has 1 aromatic heterocycles. The van der Waals surface area contributed by atoms with Crippen molar-refractivity contribution < 1.29 is 9.84 Å². The van der Waals surface area contributed by atoms with Crippen molar-refractivity contribution in [3.63, 3.8) is 0 Å². The molecule has 0 saturated carbocycles. The molecule has 21 heavy (non-hydrogen) atoms. The Balaban J connectivity index is 1.88. The van der Waals surface area contributed by atoms with E-state index in [4.69, 9.17) is 4.74 Å². The number of hydrogen-bond donors (Lipinski definition) is 1. The van der Waals surface area contributed by atoms with E-state index in [1.54, 1.807) is 6.92 Å². The van der Waals surface area contributed by atoms with Crippen molar-refractivity contribution in [3.8, 4) is 5.75 Å². The smallest absolute Gasteiger partial charge is 0.133 e. The zero-order valence-electron chi connectivity index (χ0n) is 12.2. The summed E-state index contributed by atoms with van der Waals surface area (Å²) in [6.07, 6.45) is -0.554. The molecule has 0 aliphatic heterocycles. The molecule has 1 unspecified atom stereocenters. The Morgan fingerprint density at radius 1 is 1.14 bits per heavy atom. The molecule has 3 aromatic rings. The van der Waals surface area contributed by atoms with E-state index in [0.717, 1.165) is 22.2 Å². The zero-order chi connectivity index (χ0) is 14.8. The molecular formula is C17H18N2O2. The number of ether oxygens (including phenoxy) is 1. The number of hydrogen-bond acceptors (Lipinski definition) is 3. The Morgan fingerprint density at radius 3 is 2.67 bits per heavy atom. The van der Waals surface area contributed by atoms with Gasteiger partial charge in [-0.1, -0.05) is 36.4 Å². The third-order valence-electron chi connectivity index (χ3n) is 3.57. The van der Waals surface area contributed by atoms with E-state index in [1.165, 1.54) is 0 Å². The van der Waals surface area contributed by atoms with Gasteiger partial charge in [0.1, 0.15) is 18.1 Å². The first kappa shape index (κ1) is 13.6. The first-order valence-corrected chi connectivity index (χ1v) is 6.97. The maximum Gasteiger partial charge on any atom is 0.133 e. The number of rotatable bonds is 4. The van der Waals surface area contributed by atoms with Crippen molar-refractivity contribution in [2.24, 2.45) is 7.05 Å². The summed E-state index contributed by atoms with van der Waals surface area (Å²) < 4.78 is 7.73. The van der Waals surface area contributed by atoms with Gasteiger partial charge in [0.15, 0.2) is 0 Å². The van der Waals surface area contributed by atoms with E-state index < -0.39 is 6.10 Å². The Bertz CT molecular complexity index is 762. The van der Waals surface area contributed by atoms with Crippen molar-refractivity contribution in [3.05, 3.63) is 59.8 Å². The molecule has 0 bridgehead atoms. The monoisotopic (exact) mass is 282 g/mol. The fourth-order valence-electron chi connectivity index (χ4n) is 2.50. The lowest BCUT2D eigenvalue weighted by Gasteiger charge is -2.12. The van der Waals surface area contributed by atoms with Crippen LogP contribution in [-0.2, 0) is 13.7 Å². The predicted molar refractivity (Wildman–Crippen MR) is 82.1 cm³/mol. The molecule has 0 spiro atoms. The van der Waals surface area contributed by atoms with Gasteiger partial charge in [-0.15, -0.1) is 0 Å². The molecule has 108 valence electrons. The molecule has 1 atom stereocenters. The zero-order valence-corrected chi connectivity index (χ0v) is 12.2. The second-order valence-electron chi connectivity index (χ2n) is 5.09. The van der Waals surface area contributed by atoms with Crippen LogP contribution in [0.3, 0.4) is 0 Å². The Labute approximate surface area is 123 Å². The first-order valence-electron chi connectivity index (χ1n) is 6.97. The first-order chi connectivity index (χ1) is 10.2. The highest BCUT2D eigenvalue weighted by Gasteiger charge is 2.11. The minimum Gasteiger partial charge on any atom is -0.487 e. The van der Waals surface area contributed by atoms with Crippen LogP contribution in [0.15, 0.2) is 48.5 Å². The van der Waals surface area contributed by atoms with Crippen LogP contribution in [0.4, 0.5) is 0 Å². The van der Waals surface area contributed by atoms with Gasteiger partial charge in [-0.25, -0.2) is 0 Å². The van der Waals surface area contributed by atoms with E-state index in [1.807, 2.05) is 60.3 Å². The topological polar surface area (TPSA) is 47.3 Å². The molecule has 0 amide bonds. The number of aliphatic hydroxyl groups is 1. The highest BCUT2D eigenvalue weighted by molar-refractivity contribution is 5.81. The standard InChI is InChI=1S/C17H18N2O2/c1-12(20)13-7-4-6-10-17(13)21-11-15-14-8-3-5-9-16(14)19(2)18-15/h3-10,12,20H,11H2,1-2H3. The lowest BCUT2D eigenvalue weighted by atomic mass is 10.1. The number of para-hydroxylation sites is 2. The van der Waals surface area contributed by atoms with E-state index in [0.29, 0.717) is 12.4 Å². The van der Waals surface area contributed by atoms with Gasteiger partial charge in [-0.2, -0.15) is 5.10 Å². The van der Waals surface area contributed by atoms with Crippen molar-refractivity contribution in [2.45, 2.75) is 19.6 Å². The van der Waals surface area contributed by atoms with Gasteiger partial charge < -0.3 is 9.84 Å². The molecule has 0 fully saturated rings. The average molecular weight is 282 g/mol. The Morgan fingerprint density at radius 2 is 1.86 bits per heavy atom. The van der Waals surface area contributed by atoms with Crippen LogP contribution in [0, 0.1) is 0 Å². The largest absolute Gasteiger partial charge is 0.487 e.